The highest BCUT2D eigenvalue weighted by molar-refractivity contribution is 8.16. The smallest absolute Gasteiger partial charge is 0.262 e. The lowest BCUT2D eigenvalue weighted by atomic mass is 10.2. The van der Waals surface area contributed by atoms with E-state index < -0.39 is 29.0 Å². The summed E-state index contributed by atoms with van der Waals surface area (Å²) in [7, 11) is 0. The summed E-state index contributed by atoms with van der Waals surface area (Å²) in [6.45, 7) is -0.370. The minimum atomic E-state index is -1.63. The van der Waals surface area contributed by atoms with Gasteiger partial charge in [-0.3, -0.25) is 4.79 Å². The van der Waals surface area contributed by atoms with Gasteiger partial charge in [-0.05, 0) is 47.8 Å². The Hall–Kier alpha value is -1.80. The molecule has 8 heteroatoms. The van der Waals surface area contributed by atoms with Gasteiger partial charge in [0.25, 0.3) is 5.91 Å². The van der Waals surface area contributed by atoms with Crippen LogP contribution in [0.2, 0.25) is 0 Å². The van der Waals surface area contributed by atoms with E-state index in [-0.39, 0.29) is 6.61 Å². The number of rotatable bonds is 5. The van der Waals surface area contributed by atoms with Crippen molar-refractivity contribution in [2.75, 3.05) is 23.4 Å². The summed E-state index contributed by atoms with van der Waals surface area (Å²) in [5, 5.41) is 2.16. The first-order chi connectivity index (χ1) is 12.5. The number of halogens is 3. The van der Waals surface area contributed by atoms with E-state index in [1.54, 1.807) is 12.1 Å². The molecule has 0 aromatic heterocycles. The Labute approximate surface area is 157 Å². The predicted molar refractivity (Wildman–Crippen MR) is 99.2 cm³/mol. The molecule has 2 aromatic rings. The SMILES string of the molecule is O=C(COc1ccc(C2SCCCS2)cc1)Nc1ccc(F)c(F)c1F. The molecule has 0 unspecified atom stereocenters. The zero-order chi connectivity index (χ0) is 18.5. The maximum absolute atomic E-state index is 13.5. The highest BCUT2D eigenvalue weighted by atomic mass is 32.2. The third-order valence-electron chi connectivity index (χ3n) is 3.66. The van der Waals surface area contributed by atoms with E-state index in [1.807, 2.05) is 35.7 Å². The summed E-state index contributed by atoms with van der Waals surface area (Å²) in [6.07, 6.45) is 1.22. The summed E-state index contributed by atoms with van der Waals surface area (Å²) in [4.78, 5) is 11.8. The van der Waals surface area contributed by atoms with Crippen molar-refractivity contribution in [3.8, 4) is 5.75 Å². The van der Waals surface area contributed by atoms with Gasteiger partial charge in [-0.1, -0.05) is 12.1 Å². The molecular formula is C18H16F3NO2S2. The molecule has 0 atom stereocenters. The fourth-order valence-corrected chi connectivity index (χ4v) is 5.25. The largest absolute Gasteiger partial charge is 0.484 e. The molecule has 0 aliphatic carbocycles. The zero-order valence-corrected chi connectivity index (χ0v) is 15.3. The minimum absolute atomic E-state index is 0.370. The second-order valence-corrected chi connectivity index (χ2v) is 8.28. The first kappa shape index (κ1) is 19.0. The van der Waals surface area contributed by atoms with Crippen LogP contribution in [0.3, 0.4) is 0 Å². The monoisotopic (exact) mass is 399 g/mol. The number of carbonyl (C=O) groups excluding carboxylic acids is 1. The Bertz CT molecular complexity index is 781. The van der Waals surface area contributed by atoms with Gasteiger partial charge in [-0.25, -0.2) is 13.2 Å². The van der Waals surface area contributed by atoms with Crippen LogP contribution >= 0.6 is 23.5 Å². The third kappa shape index (κ3) is 4.67. The molecule has 0 radical (unpaired) electrons. The van der Waals surface area contributed by atoms with E-state index in [2.05, 4.69) is 5.32 Å². The molecular weight excluding hydrogens is 383 g/mol. The van der Waals surface area contributed by atoms with E-state index in [4.69, 9.17) is 4.74 Å². The van der Waals surface area contributed by atoms with Crippen LogP contribution in [0.4, 0.5) is 18.9 Å². The van der Waals surface area contributed by atoms with E-state index in [0.29, 0.717) is 10.3 Å². The van der Waals surface area contributed by atoms with Crippen molar-refractivity contribution >= 4 is 35.1 Å². The van der Waals surface area contributed by atoms with Crippen LogP contribution in [-0.2, 0) is 4.79 Å². The topological polar surface area (TPSA) is 38.3 Å². The average Bonchev–Trinajstić information content (AvgIpc) is 2.68. The van der Waals surface area contributed by atoms with Crippen molar-refractivity contribution < 1.29 is 22.7 Å². The molecule has 1 amide bonds. The standard InChI is InChI=1S/C18H16F3NO2S2/c19-13-6-7-14(17(21)16(13)20)22-15(23)10-24-12-4-2-11(3-5-12)18-25-8-1-9-26-18/h2-7,18H,1,8-10H2,(H,22,23). The Morgan fingerprint density at radius 1 is 1.04 bits per heavy atom. The zero-order valence-electron chi connectivity index (χ0n) is 13.6. The van der Waals surface area contributed by atoms with Gasteiger partial charge in [0.1, 0.15) is 5.75 Å². The van der Waals surface area contributed by atoms with E-state index in [0.717, 1.165) is 23.6 Å². The minimum Gasteiger partial charge on any atom is -0.484 e. The maximum atomic E-state index is 13.5. The van der Waals surface area contributed by atoms with Crippen LogP contribution in [0.5, 0.6) is 5.75 Å². The molecule has 1 fully saturated rings. The number of anilines is 1. The number of thioether (sulfide) groups is 2. The number of nitrogens with one attached hydrogen (secondary N) is 1. The van der Waals surface area contributed by atoms with Crippen molar-refractivity contribution in [2.45, 2.75) is 11.0 Å². The molecule has 138 valence electrons. The summed E-state index contributed by atoms with van der Waals surface area (Å²) in [5.74, 6) is -2.25. The lowest BCUT2D eigenvalue weighted by Crippen LogP contribution is -2.21. The van der Waals surface area contributed by atoms with Gasteiger partial charge in [-0.15, -0.1) is 23.5 Å². The van der Waals surface area contributed by atoms with E-state index in [9.17, 15) is 18.0 Å². The fraction of sp³-hybridized carbons (Fsp3) is 0.278. The van der Waals surface area contributed by atoms with Gasteiger partial charge < -0.3 is 10.1 Å². The first-order valence-electron chi connectivity index (χ1n) is 7.94. The number of hydrogen-bond acceptors (Lipinski definition) is 4. The second kappa shape index (κ2) is 8.73. The Morgan fingerprint density at radius 3 is 2.42 bits per heavy atom. The summed E-state index contributed by atoms with van der Waals surface area (Å²) in [5.41, 5.74) is 0.763. The van der Waals surface area contributed by atoms with E-state index in [1.165, 1.54) is 12.0 Å². The normalized spacial score (nSPS) is 14.9. The predicted octanol–water partition coefficient (Wildman–Crippen LogP) is 4.99. The summed E-state index contributed by atoms with van der Waals surface area (Å²) < 4.78 is 45.3. The van der Waals surface area contributed by atoms with Crippen molar-refractivity contribution in [1.29, 1.82) is 0 Å². The molecule has 0 bridgehead atoms. The highest BCUT2D eigenvalue weighted by Crippen LogP contribution is 2.43. The quantitative estimate of drug-likeness (QED) is 0.719. The number of amides is 1. The van der Waals surface area contributed by atoms with Gasteiger partial charge in [0, 0.05) is 0 Å². The van der Waals surface area contributed by atoms with Crippen LogP contribution in [0, 0.1) is 17.5 Å². The molecule has 3 nitrogen and oxygen atoms in total. The van der Waals surface area contributed by atoms with Crippen molar-refractivity contribution in [2.24, 2.45) is 0 Å². The van der Waals surface area contributed by atoms with Crippen molar-refractivity contribution in [3.05, 3.63) is 59.4 Å². The molecule has 1 N–H and O–H groups in total. The summed E-state index contributed by atoms with van der Waals surface area (Å²) in [6, 6.07) is 9.16. The molecule has 0 saturated carbocycles. The van der Waals surface area contributed by atoms with Gasteiger partial charge in [-0.2, -0.15) is 0 Å². The average molecular weight is 399 g/mol. The van der Waals surface area contributed by atoms with Gasteiger partial charge >= 0.3 is 0 Å². The Balaban J connectivity index is 1.53. The third-order valence-corrected chi connectivity index (χ3v) is 6.67. The van der Waals surface area contributed by atoms with Crippen LogP contribution in [0.25, 0.3) is 0 Å². The van der Waals surface area contributed by atoms with Crippen molar-refractivity contribution in [3.63, 3.8) is 0 Å². The maximum Gasteiger partial charge on any atom is 0.262 e. The molecule has 26 heavy (non-hydrogen) atoms. The van der Waals surface area contributed by atoms with Crippen molar-refractivity contribution in [1.82, 2.24) is 0 Å². The van der Waals surface area contributed by atoms with Gasteiger partial charge in [0.15, 0.2) is 24.1 Å². The lowest BCUT2D eigenvalue weighted by Gasteiger charge is -2.21. The van der Waals surface area contributed by atoms with Crippen LogP contribution < -0.4 is 10.1 Å². The number of carbonyl (C=O) groups is 1. The van der Waals surface area contributed by atoms with Crippen LogP contribution in [0.15, 0.2) is 36.4 Å². The molecule has 1 aliphatic rings. The summed E-state index contributed by atoms with van der Waals surface area (Å²) >= 11 is 3.82. The molecule has 3 rings (SSSR count). The van der Waals surface area contributed by atoms with E-state index >= 15 is 0 Å². The number of hydrogen-bond donors (Lipinski definition) is 1. The molecule has 2 aromatic carbocycles. The van der Waals surface area contributed by atoms with Crippen LogP contribution in [0.1, 0.15) is 16.6 Å². The molecule has 1 heterocycles. The second-order valence-electron chi connectivity index (χ2n) is 5.56. The first-order valence-corrected chi connectivity index (χ1v) is 10.0. The lowest BCUT2D eigenvalue weighted by molar-refractivity contribution is -0.118. The molecule has 1 aliphatic heterocycles. The number of ether oxygens (including phenoxy) is 1. The molecule has 1 saturated heterocycles. The van der Waals surface area contributed by atoms with Gasteiger partial charge in [0.05, 0.1) is 10.3 Å². The van der Waals surface area contributed by atoms with Crippen LogP contribution in [-0.4, -0.2) is 24.0 Å². The molecule has 0 spiro atoms. The Morgan fingerprint density at radius 2 is 1.73 bits per heavy atom. The number of benzene rings is 2. The highest BCUT2D eigenvalue weighted by Gasteiger charge is 2.17. The van der Waals surface area contributed by atoms with Gasteiger partial charge in [0.2, 0.25) is 0 Å². The fourth-order valence-electron chi connectivity index (χ4n) is 2.36. The Kier molecular flexibility index (Phi) is 6.37.